The zero-order valence-corrected chi connectivity index (χ0v) is 21.7. The summed E-state index contributed by atoms with van der Waals surface area (Å²) in [6.45, 7) is 2.81. The third-order valence-corrected chi connectivity index (χ3v) is 8.17. The molecule has 1 aromatic heterocycles. The Bertz CT molecular complexity index is 1380. The number of amides is 1. The van der Waals surface area contributed by atoms with Gasteiger partial charge in [-0.25, -0.2) is 4.39 Å². The molecular formula is C29H31F4N3O3. The number of hydrogen-bond donors (Lipinski definition) is 1. The number of aryl methyl sites for hydroxylation is 1. The third-order valence-electron chi connectivity index (χ3n) is 8.17. The first-order chi connectivity index (χ1) is 18.5. The van der Waals surface area contributed by atoms with E-state index in [1.807, 2.05) is 0 Å². The number of nitrogens with zero attached hydrogens (tertiary/aromatic N) is 3. The predicted octanol–water partition coefficient (Wildman–Crippen LogP) is 5.63. The van der Waals surface area contributed by atoms with Crippen molar-refractivity contribution in [1.29, 1.82) is 0 Å². The number of Topliss-reactive ketones (excluding diaryl/α,β-unsaturated/α-hetero) is 1. The van der Waals surface area contributed by atoms with E-state index < -0.39 is 17.5 Å². The van der Waals surface area contributed by atoms with E-state index in [2.05, 4.69) is 4.90 Å². The SMILES string of the molecule is Cn1c(C(=O)N2CCC[C@H]2CCN2CCC(C(=O)c3ccc(F)cc3)CC2)cc2c(C(F)(F)F)cc(O)cc21. The Hall–Kier alpha value is -3.40. The molecule has 208 valence electrons. The predicted molar refractivity (Wildman–Crippen MR) is 138 cm³/mol. The number of fused-ring (bicyclic) bond motifs is 1. The van der Waals surface area contributed by atoms with Gasteiger partial charge in [0, 0.05) is 49.1 Å². The molecule has 1 N–H and O–H groups in total. The maximum Gasteiger partial charge on any atom is 0.417 e. The molecular weight excluding hydrogens is 514 g/mol. The number of halogens is 4. The average molecular weight is 546 g/mol. The second-order valence-corrected chi connectivity index (χ2v) is 10.6. The number of ketones is 1. The molecule has 0 radical (unpaired) electrons. The Balaban J connectivity index is 1.22. The summed E-state index contributed by atoms with van der Waals surface area (Å²) in [7, 11) is 1.54. The molecule has 6 nitrogen and oxygen atoms in total. The minimum absolute atomic E-state index is 0.0235. The Labute approximate surface area is 223 Å². The molecule has 2 aliphatic rings. The highest BCUT2D eigenvalue weighted by molar-refractivity contribution is 6.00. The lowest BCUT2D eigenvalue weighted by atomic mass is 9.88. The summed E-state index contributed by atoms with van der Waals surface area (Å²) >= 11 is 0. The van der Waals surface area contributed by atoms with E-state index >= 15 is 0 Å². The first kappa shape index (κ1) is 27.2. The van der Waals surface area contributed by atoms with E-state index in [4.69, 9.17) is 0 Å². The van der Waals surface area contributed by atoms with Crippen LogP contribution in [0.4, 0.5) is 17.6 Å². The van der Waals surface area contributed by atoms with E-state index in [1.165, 1.54) is 48.0 Å². The lowest BCUT2D eigenvalue weighted by Gasteiger charge is -2.33. The number of phenols is 1. The Morgan fingerprint density at radius 3 is 2.36 bits per heavy atom. The second kappa shape index (κ2) is 10.6. The molecule has 2 aliphatic heterocycles. The van der Waals surface area contributed by atoms with Gasteiger partial charge in [0.15, 0.2) is 5.78 Å². The van der Waals surface area contributed by atoms with Gasteiger partial charge in [-0.15, -0.1) is 0 Å². The molecule has 0 saturated carbocycles. The number of alkyl halides is 3. The van der Waals surface area contributed by atoms with Gasteiger partial charge in [-0.2, -0.15) is 13.2 Å². The Kier molecular flexibility index (Phi) is 7.41. The number of aromatic hydroxyl groups is 1. The van der Waals surface area contributed by atoms with Gasteiger partial charge in [0.05, 0.1) is 11.1 Å². The second-order valence-electron chi connectivity index (χ2n) is 10.6. The minimum Gasteiger partial charge on any atom is -0.508 e. The van der Waals surface area contributed by atoms with Gasteiger partial charge in [0.2, 0.25) is 0 Å². The van der Waals surface area contributed by atoms with E-state index in [1.54, 1.807) is 4.90 Å². The molecule has 0 bridgehead atoms. The van der Waals surface area contributed by atoms with Gasteiger partial charge in [-0.3, -0.25) is 9.59 Å². The number of carbonyl (C=O) groups excluding carboxylic acids is 2. The van der Waals surface area contributed by atoms with Crippen molar-refractivity contribution in [2.75, 3.05) is 26.2 Å². The maximum atomic E-state index is 13.6. The summed E-state index contributed by atoms with van der Waals surface area (Å²) < 4.78 is 55.4. The van der Waals surface area contributed by atoms with Crippen LogP contribution in [0.5, 0.6) is 5.75 Å². The number of hydrogen-bond acceptors (Lipinski definition) is 4. The van der Waals surface area contributed by atoms with Crippen molar-refractivity contribution in [1.82, 2.24) is 14.4 Å². The fourth-order valence-electron chi connectivity index (χ4n) is 6.01. The Morgan fingerprint density at radius 2 is 1.69 bits per heavy atom. The highest BCUT2D eigenvalue weighted by atomic mass is 19.4. The van der Waals surface area contributed by atoms with Crippen LogP contribution in [0.15, 0.2) is 42.5 Å². The zero-order chi connectivity index (χ0) is 27.9. The molecule has 2 saturated heterocycles. The van der Waals surface area contributed by atoms with Gasteiger partial charge < -0.3 is 19.5 Å². The monoisotopic (exact) mass is 545 g/mol. The molecule has 3 aromatic rings. The summed E-state index contributed by atoms with van der Waals surface area (Å²) in [5, 5.41) is 9.75. The molecule has 2 fully saturated rings. The molecule has 3 heterocycles. The fraction of sp³-hybridized carbons (Fsp3) is 0.448. The molecule has 0 spiro atoms. The van der Waals surface area contributed by atoms with E-state index in [-0.39, 0.29) is 46.1 Å². The summed E-state index contributed by atoms with van der Waals surface area (Å²) in [5.74, 6) is -1.24. The number of carbonyl (C=O) groups is 2. The number of rotatable bonds is 6. The van der Waals surface area contributed by atoms with Crippen LogP contribution in [0.25, 0.3) is 10.9 Å². The summed E-state index contributed by atoms with van der Waals surface area (Å²) in [6.07, 6.45) is -0.846. The summed E-state index contributed by atoms with van der Waals surface area (Å²) in [5.41, 5.74) is -0.125. The van der Waals surface area contributed by atoms with Crippen LogP contribution in [0.2, 0.25) is 0 Å². The minimum atomic E-state index is -4.66. The molecule has 39 heavy (non-hydrogen) atoms. The number of likely N-dealkylation sites (tertiary alicyclic amines) is 2. The van der Waals surface area contributed by atoms with Crippen LogP contribution < -0.4 is 0 Å². The van der Waals surface area contributed by atoms with Crippen LogP contribution >= 0.6 is 0 Å². The number of benzene rings is 2. The van der Waals surface area contributed by atoms with Gasteiger partial charge in [0.1, 0.15) is 17.3 Å². The summed E-state index contributed by atoms with van der Waals surface area (Å²) in [6, 6.07) is 8.83. The van der Waals surface area contributed by atoms with Crippen molar-refractivity contribution < 1.29 is 32.3 Å². The van der Waals surface area contributed by atoms with Crippen molar-refractivity contribution in [2.24, 2.45) is 13.0 Å². The molecule has 1 atom stereocenters. The molecule has 1 amide bonds. The van der Waals surface area contributed by atoms with Crippen molar-refractivity contribution in [3.8, 4) is 5.75 Å². The standard InChI is InChI=1S/C29H31F4N3O3/c1-34-25-16-22(37)15-24(29(31,32)33)23(25)17-26(34)28(39)36-11-2-3-21(36)10-14-35-12-8-19(9-13-35)27(38)18-4-6-20(30)7-5-18/h4-7,15-17,19,21,37H,2-3,8-14H2,1H3/t21-/m0/s1. The van der Waals surface area contributed by atoms with Gasteiger partial charge in [-0.1, -0.05) is 0 Å². The molecule has 0 aliphatic carbocycles. The molecule has 10 heteroatoms. The van der Waals surface area contributed by atoms with E-state index in [9.17, 15) is 32.3 Å². The smallest absolute Gasteiger partial charge is 0.417 e. The van der Waals surface area contributed by atoms with Crippen molar-refractivity contribution in [3.05, 3.63) is 65.1 Å². The van der Waals surface area contributed by atoms with Gasteiger partial charge in [0.25, 0.3) is 5.91 Å². The van der Waals surface area contributed by atoms with Crippen LogP contribution in [-0.2, 0) is 13.2 Å². The van der Waals surface area contributed by atoms with Crippen molar-refractivity contribution in [3.63, 3.8) is 0 Å². The van der Waals surface area contributed by atoms with Gasteiger partial charge in [-0.05, 0) is 81.6 Å². The molecule has 5 rings (SSSR count). The first-order valence-electron chi connectivity index (χ1n) is 13.3. The maximum absolute atomic E-state index is 13.6. The van der Waals surface area contributed by atoms with Gasteiger partial charge >= 0.3 is 6.18 Å². The fourth-order valence-corrected chi connectivity index (χ4v) is 6.01. The lowest BCUT2D eigenvalue weighted by Crippen LogP contribution is -2.41. The van der Waals surface area contributed by atoms with E-state index in [0.717, 1.165) is 38.9 Å². The van der Waals surface area contributed by atoms with Crippen LogP contribution in [0.1, 0.15) is 58.5 Å². The normalized spacial score (nSPS) is 19.2. The van der Waals surface area contributed by atoms with Crippen molar-refractivity contribution in [2.45, 2.75) is 44.3 Å². The van der Waals surface area contributed by atoms with Crippen LogP contribution in [0.3, 0.4) is 0 Å². The first-order valence-corrected chi connectivity index (χ1v) is 13.3. The van der Waals surface area contributed by atoms with Crippen molar-refractivity contribution >= 4 is 22.6 Å². The quantitative estimate of drug-likeness (QED) is 0.322. The number of piperidine rings is 1. The number of phenolic OH excluding ortho intramolecular Hbond substituents is 1. The largest absolute Gasteiger partial charge is 0.508 e. The lowest BCUT2D eigenvalue weighted by molar-refractivity contribution is -0.136. The highest BCUT2D eigenvalue weighted by Crippen LogP contribution is 2.39. The van der Waals surface area contributed by atoms with Crippen LogP contribution in [-0.4, -0.2) is 63.4 Å². The highest BCUT2D eigenvalue weighted by Gasteiger charge is 2.36. The van der Waals surface area contributed by atoms with E-state index in [0.29, 0.717) is 31.0 Å². The average Bonchev–Trinajstić information content (AvgIpc) is 3.51. The Morgan fingerprint density at radius 1 is 1.00 bits per heavy atom. The van der Waals surface area contributed by atoms with Crippen LogP contribution in [0, 0.1) is 11.7 Å². The zero-order valence-electron chi connectivity index (χ0n) is 21.7. The topological polar surface area (TPSA) is 65.8 Å². The third kappa shape index (κ3) is 5.52. The molecule has 0 unspecified atom stereocenters. The summed E-state index contributed by atoms with van der Waals surface area (Å²) in [4.78, 5) is 30.3. The molecule has 2 aromatic carbocycles. The number of aromatic nitrogens is 1.